The van der Waals surface area contributed by atoms with Crippen molar-refractivity contribution in [2.24, 2.45) is 0 Å². The van der Waals surface area contributed by atoms with Crippen LogP contribution in [0, 0.1) is 0 Å². The molecule has 106 valence electrons. The zero-order valence-corrected chi connectivity index (χ0v) is 11.6. The Labute approximate surface area is 114 Å². The number of hydrogen-bond donors (Lipinski definition) is 1. The summed E-state index contributed by atoms with van der Waals surface area (Å²) in [6, 6.07) is 5.76. The number of hydrogen-bond acceptors (Lipinski definition) is 5. The second kappa shape index (κ2) is 7.21. The average Bonchev–Trinajstić information content (AvgIpc) is 2.48. The van der Waals surface area contributed by atoms with Crippen LogP contribution in [0.5, 0.6) is 11.5 Å². The van der Waals surface area contributed by atoms with Crippen molar-refractivity contribution < 1.29 is 14.2 Å². The summed E-state index contributed by atoms with van der Waals surface area (Å²) < 4.78 is 15.9. The number of benzene rings is 1. The normalized spacial score (nSPS) is 16.1. The van der Waals surface area contributed by atoms with Crippen molar-refractivity contribution in [3.63, 3.8) is 0 Å². The molecule has 1 aromatic carbocycles. The predicted molar refractivity (Wildman–Crippen MR) is 75.3 cm³/mol. The van der Waals surface area contributed by atoms with E-state index in [2.05, 4.69) is 10.2 Å². The highest BCUT2D eigenvalue weighted by Crippen LogP contribution is 2.28. The second-order valence-electron chi connectivity index (χ2n) is 4.45. The van der Waals surface area contributed by atoms with E-state index in [4.69, 9.17) is 14.2 Å². The van der Waals surface area contributed by atoms with Gasteiger partial charge in [0.2, 0.25) is 0 Å². The van der Waals surface area contributed by atoms with Crippen molar-refractivity contribution in [3.8, 4) is 11.5 Å². The molecule has 5 heteroatoms. The molecule has 0 bridgehead atoms. The standard InChI is InChI=1S/C14H22N2O3/c1-17-12-3-4-14(18-2)13(11-12)15-5-6-16-7-9-19-10-8-16/h3-4,11,15H,5-10H2,1-2H3. The van der Waals surface area contributed by atoms with Crippen molar-refractivity contribution in [2.45, 2.75) is 0 Å². The molecule has 0 unspecified atom stereocenters. The summed E-state index contributed by atoms with van der Waals surface area (Å²) in [4.78, 5) is 2.39. The Kier molecular flexibility index (Phi) is 5.30. The fourth-order valence-electron chi connectivity index (χ4n) is 2.13. The zero-order valence-electron chi connectivity index (χ0n) is 11.6. The fraction of sp³-hybridized carbons (Fsp3) is 0.571. The van der Waals surface area contributed by atoms with E-state index in [1.807, 2.05) is 18.2 Å². The Morgan fingerprint density at radius 2 is 2.00 bits per heavy atom. The first kappa shape index (κ1) is 14.0. The summed E-state index contributed by atoms with van der Waals surface area (Å²) in [6.07, 6.45) is 0. The minimum absolute atomic E-state index is 0.828. The van der Waals surface area contributed by atoms with Gasteiger partial charge in [0, 0.05) is 32.2 Å². The summed E-state index contributed by atoms with van der Waals surface area (Å²) in [7, 11) is 3.34. The molecule has 0 spiro atoms. The molecule has 2 rings (SSSR count). The Hall–Kier alpha value is -1.46. The molecule has 0 aliphatic carbocycles. The summed E-state index contributed by atoms with van der Waals surface area (Å²) in [5, 5.41) is 3.40. The molecule has 0 atom stereocenters. The maximum atomic E-state index is 5.34. The van der Waals surface area contributed by atoms with E-state index in [1.165, 1.54) is 0 Å². The average molecular weight is 266 g/mol. The molecular formula is C14H22N2O3. The maximum Gasteiger partial charge on any atom is 0.142 e. The molecule has 1 saturated heterocycles. The van der Waals surface area contributed by atoms with Crippen LogP contribution in [0.3, 0.4) is 0 Å². The molecule has 1 aromatic rings. The largest absolute Gasteiger partial charge is 0.497 e. The van der Waals surface area contributed by atoms with Gasteiger partial charge >= 0.3 is 0 Å². The van der Waals surface area contributed by atoms with Crippen LogP contribution in [0.25, 0.3) is 0 Å². The molecular weight excluding hydrogens is 244 g/mol. The van der Waals surface area contributed by atoms with Gasteiger partial charge in [-0.3, -0.25) is 4.90 Å². The van der Waals surface area contributed by atoms with E-state index in [9.17, 15) is 0 Å². The second-order valence-corrected chi connectivity index (χ2v) is 4.45. The number of rotatable bonds is 6. The SMILES string of the molecule is COc1ccc(OC)c(NCCN2CCOCC2)c1. The number of ether oxygens (including phenoxy) is 3. The van der Waals surface area contributed by atoms with E-state index >= 15 is 0 Å². The van der Waals surface area contributed by atoms with E-state index in [1.54, 1.807) is 14.2 Å². The Balaban J connectivity index is 1.86. The van der Waals surface area contributed by atoms with Crippen LogP contribution < -0.4 is 14.8 Å². The lowest BCUT2D eigenvalue weighted by molar-refractivity contribution is 0.0398. The molecule has 1 aliphatic heterocycles. The Morgan fingerprint density at radius 1 is 1.21 bits per heavy atom. The molecule has 0 aromatic heterocycles. The lowest BCUT2D eigenvalue weighted by Crippen LogP contribution is -2.39. The molecule has 19 heavy (non-hydrogen) atoms. The lowest BCUT2D eigenvalue weighted by Gasteiger charge is -2.26. The third kappa shape index (κ3) is 4.01. The van der Waals surface area contributed by atoms with Gasteiger partial charge in [-0.2, -0.15) is 0 Å². The van der Waals surface area contributed by atoms with Crippen molar-refractivity contribution in [2.75, 3.05) is 58.9 Å². The van der Waals surface area contributed by atoms with Gasteiger partial charge in [0.1, 0.15) is 11.5 Å². The van der Waals surface area contributed by atoms with Crippen LogP contribution >= 0.6 is 0 Å². The number of nitrogens with one attached hydrogen (secondary N) is 1. The van der Waals surface area contributed by atoms with Crippen LogP contribution in [0.4, 0.5) is 5.69 Å². The van der Waals surface area contributed by atoms with Gasteiger partial charge in [0.15, 0.2) is 0 Å². The van der Waals surface area contributed by atoms with Gasteiger partial charge in [-0.05, 0) is 12.1 Å². The van der Waals surface area contributed by atoms with Crippen molar-refractivity contribution in [1.82, 2.24) is 4.90 Å². The first-order valence-corrected chi connectivity index (χ1v) is 6.59. The smallest absolute Gasteiger partial charge is 0.142 e. The molecule has 0 saturated carbocycles. The quantitative estimate of drug-likeness (QED) is 0.844. The van der Waals surface area contributed by atoms with Crippen LogP contribution in [0.1, 0.15) is 0 Å². The van der Waals surface area contributed by atoms with Crippen LogP contribution in [0.2, 0.25) is 0 Å². The van der Waals surface area contributed by atoms with Gasteiger partial charge in [0.25, 0.3) is 0 Å². The third-order valence-electron chi connectivity index (χ3n) is 3.25. The number of methoxy groups -OCH3 is 2. The number of anilines is 1. The highest BCUT2D eigenvalue weighted by Gasteiger charge is 2.10. The van der Waals surface area contributed by atoms with Crippen LogP contribution in [-0.2, 0) is 4.74 Å². The summed E-state index contributed by atoms with van der Waals surface area (Å²) in [5.41, 5.74) is 0.968. The molecule has 1 fully saturated rings. The Bertz CT molecular complexity index is 392. The van der Waals surface area contributed by atoms with Gasteiger partial charge in [-0.15, -0.1) is 0 Å². The van der Waals surface area contributed by atoms with Gasteiger partial charge in [0.05, 0.1) is 33.1 Å². The van der Waals surface area contributed by atoms with E-state index in [0.717, 1.165) is 56.6 Å². The number of nitrogens with zero attached hydrogens (tertiary/aromatic N) is 1. The monoisotopic (exact) mass is 266 g/mol. The zero-order chi connectivity index (χ0) is 13.5. The molecule has 1 N–H and O–H groups in total. The van der Waals surface area contributed by atoms with Gasteiger partial charge in [-0.1, -0.05) is 0 Å². The first-order chi connectivity index (χ1) is 9.33. The predicted octanol–water partition coefficient (Wildman–Crippen LogP) is 1.45. The summed E-state index contributed by atoms with van der Waals surface area (Å²) in [6.45, 7) is 5.58. The third-order valence-corrected chi connectivity index (χ3v) is 3.25. The maximum absolute atomic E-state index is 5.34. The number of morpholine rings is 1. The van der Waals surface area contributed by atoms with Gasteiger partial charge < -0.3 is 19.5 Å². The summed E-state index contributed by atoms with van der Waals surface area (Å²) in [5.74, 6) is 1.66. The topological polar surface area (TPSA) is 43.0 Å². The molecule has 5 nitrogen and oxygen atoms in total. The molecule has 1 aliphatic rings. The summed E-state index contributed by atoms with van der Waals surface area (Å²) >= 11 is 0. The van der Waals surface area contributed by atoms with Crippen LogP contribution in [0.15, 0.2) is 18.2 Å². The Morgan fingerprint density at radius 3 is 2.68 bits per heavy atom. The van der Waals surface area contributed by atoms with E-state index in [-0.39, 0.29) is 0 Å². The fourth-order valence-corrected chi connectivity index (χ4v) is 2.13. The van der Waals surface area contributed by atoms with Crippen molar-refractivity contribution in [3.05, 3.63) is 18.2 Å². The minimum Gasteiger partial charge on any atom is -0.497 e. The molecule has 0 radical (unpaired) electrons. The van der Waals surface area contributed by atoms with Crippen molar-refractivity contribution >= 4 is 5.69 Å². The molecule has 0 amide bonds. The highest BCUT2D eigenvalue weighted by molar-refractivity contribution is 5.59. The van der Waals surface area contributed by atoms with Crippen LogP contribution in [-0.4, -0.2) is 58.5 Å². The minimum atomic E-state index is 0.828. The van der Waals surface area contributed by atoms with E-state index in [0.29, 0.717) is 0 Å². The van der Waals surface area contributed by atoms with Crippen molar-refractivity contribution in [1.29, 1.82) is 0 Å². The van der Waals surface area contributed by atoms with Gasteiger partial charge in [-0.25, -0.2) is 0 Å². The first-order valence-electron chi connectivity index (χ1n) is 6.59. The highest BCUT2D eigenvalue weighted by atomic mass is 16.5. The molecule has 1 heterocycles. The lowest BCUT2D eigenvalue weighted by atomic mass is 10.2. The van der Waals surface area contributed by atoms with E-state index < -0.39 is 0 Å².